The molecule has 2 aromatic rings. The van der Waals surface area contributed by atoms with Crippen molar-refractivity contribution >= 4 is 11.6 Å². The van der Waals surface area contributed by atoms with Crippen molar-refractivity contribution in [3.63, 3.8) is 0 Å². The summed E-state index contributed by atoms with van der Waals surface area (Å²) < 4.78 is 1.62. The van der Waals surface area contributed by atoms with Gasteiger partial charge in [0.1, 0.15) is 0 Å². The molecule has 0 aliphatic carbocycles. The lowest BCUT2D eigenvalue weighted by atomic mass is 9.94. The molecule has 0 saturated carbocycles. The van der Waals surface area contributed by atoms with Gasteiger partial charge in [-0.25, -0.2) is 9.50 Å². The molecule has 0 radical (unpaired) electrons. The summed E-state index contributed by atoms with van der Waals surface area (Å²) in [6.45, 7) is 6.53. The number of fused-ring (bicyclic) bond motifs is 1. The Bertz CT molecular complexity index is 618. The summed E-state index contributed by atoms with van der Waals surface area (Å²) in [4.78, 5) is 18.9. The van der Waals surface area contributed by atoms with Crippen LogP contribution in [0.4, 0.5) is 0 Å². The Hall–Kier alpha value is -1.95. The van der Waals surface area contributed by atoms with Crippen molar-refractivity contribution in [2.24, 2.45) is 5.92 Å². The molecule has 23 heavy (non-hydrogen) atoms. The molecule has 1 atom stereocenters. The van der Waals surface area contributed by atoms with Gasteiger partial charge in [0.05, 0.1) is 0 Å². The van der Waals surface area contributed by atoms with E-state index in [9.17, 15) is 4.79 Å². The first-order chi connectivity index (χ1) is 11.3. The number of amides is 1. The second kappa shape index (κ2) is 7.55. The third kappa shape index (κ3) is 4.07. The fourth-order valence-electron chi connectivity index (χ4n) is 3.33. The molecule has 1 N–H and O–H groups in total. The molecule has 0 bridgehead atoms. The van der Waals surface area contributed by atoms with E-state index in [1.54, 1.807) is 29.0 Å². The minimum absolute atomic E-state index is 0.114. The minimum Gasteiger partial charge on any atom is -0.351 e. The van der Waals surface area contributed by atoms with Crippen molar-refractivity contribution in [2.45, 2.75) is 32.6 Å². The Balaban J connectivity index is 1.47. The molecule has 3 rings (SSSR count). The fourth-order valence-corrected chi connectivity index (χ4v) is 3.33. The molecule has 1 aliphatic rings. The van der Waals surface area contributed by atoms with Gasteiger partial charge in [0.15, 0.2) is 11.3 Å². The maximum absolute atomic E-state index is 12.2. The summed E-state index contributed by atoms with van der Waals surface area (Å²) >= 11 is 0. The number of carbonyl (C=O) groups is 1. The molecule has 2 aromatic heterocycles. The standard InChI is InChI=1S/C17H25N5O/c1-2-9-21-10-3-5-14(13-21)6-8-19-17(23)15-12-16-18-7-4-11-22(16)20-15/h4,7,11-12,14H,2-3,5-6,8-10,13H2,1H3,(H,19,23). The van der Waals surface area contributed by atoms with Gasteiger partial charge in [-0.1, -0.05) is 6.92 Å². The van der Waals surface area contributed by atoms with Gasteiger partial charge in [-0.15, -0.1) is 0 Å². The van der Waals surface area contributed by atoms with E-state index in [0.29, 0.717) is 23.8 Å². The molecule has 1 saturated heterocycles. The summed E-state index contributed by atoms with van der Waals surface area (Å²) in [6, 6.07) is 3.52. The van der Waals surface area contributed by atoms with E-state index < -0.39 is 0 Å². The summed E-state index contributed by atoms with van der Waals surface area (Å²) in [5, 5.41) is 7.24. The summed E-state index contributed by atoms with van der Waals surface area (Å²) in [5.41, 5.74) is 1.13. The topological polar surface area (TPSA) is 62.5 Å². The molecule has 124 valence electrons. The van der Waals surface area contributed by atoms with Crippen molar-refractivity contribution in [1.82, 2.24) is 24.8 Å². The van der Waals surface area contributed by atoms with Crippen LogP contribution in [0.2, 0.25) is 0 Å². The number of nitrogens with zero attached hydrogens (tertiary/aromatic N) is 4. The zero-order valence-electron chi connectivity index (χ0n) is 13.7. The van der Waals surface area contributed by atoms with Crippen molar-refractivity contribution in [3.05, 3.63) is 30.2 Å². The van der Waals surface area contributed by atoms with E-state index in [-0.39, 0.29) is 5.91 Å². The molecule has 1 fully saturated rings. The highest BCUT2D eigenvalue weighted by atomic mass is 16.1. The molecule has 1 aliphatic heterocycles. The average molecular weight is 315 g/mol. The van der Waals surface area contributed by atoms with Crippen molar-refractivity contribution < 1.29 is 4.79 Å². The van der Waals surface area contributed by atoms with Crippen LogP contribution in [0, 0.1) is 5.92 Å². The lowest BCUT2D eigenvalue weighted by molar-refractivity contribution is 0.0941. The van der Waals surface area contributed by atoms with Crippen LogP contribution in [0.15, 0.2) is 24.5 Å². The zero-order valence-corrected chi connectivity index (χ0v) is 13.7. The van der Waals surface area contributed by atoms with Crippen LogP contribution in [-0.2, 0) is 0 Å². The second-order valence-corrected chi connectivity index (χ2v) is 6.31. The highest BCUT2D eigenvalue weighted by Gasteiger charge is 2.19. The van der Waals surface area contributed by atoms with E-state index >= 15 is 0 Å². The monoisotopic (exact) mass is 315 g/mol. The third-order valence-corrected chi connectivity index (χ3v) is 4.45. The SMILES string of the molecule is CCCN1CCCC(CCNC(=O)c2cc3ncccn3n2)C1. The summed E-state index contributed by atoms with van der Waals surface area (Å²) in [6.07, 6.45) is 8.29. The minimum atomic E-state index is -0.114. The number of nitrogens with one attached hydrogen (secondary N) is 1. The van der Waals surface area contributed by atoms with Crippen molar-refractivity contribution in [1.29, 1.82) is 0 Å². The van der Waals surface area contributed by atoms with E-state index in [2.05, 4.69) is 27.2 Å². The molecular formula is C17H25N5O. The van der Waals surface area contributed by atoms with E-state index in [1.807, 2.05) is 0 Å². The van der Waals surface area contributed by atoms with Crippen LogP contribution in [0.3, 0.4) is 0 Å². The van der Waals surface area contributed by atoms with Gasteiger partial charge < -0.3 is 10.2 Å². The largest absolute Gasteiger partial charge is 0.351 e. The Morgan fingerprint density at radius 2 is 2.39 bits per heavy atom. The quantitative estimate of drug-likeness (QED) is 0.885. The Morgan fingerprint density at radius 3 is 3.22 bits per heavy atom. The first-order valence-electron chi connectivity index (χ1n) is 8.57. The van der Waals surface area contributed by atoms with Gasteiger partial charge in [0, 0.05) is 31.5 Å². The smallest absolute Gasteiger partial charge is 0.271 e. The lowest BCUT2D eigenvalue weighted by Crippen LogP contribution is -2.37. The number of likely N-dealkylation sites (tertiary alicyclic amines) is 1. The second-order valence-electron chi connectivity index (χ2n) is 6.31. The van der Waals surface area contributed by atoms with Gasteiger partial charge in [0.2, 0.25) is 0 Å². The van der Waals surface area contributed by atoms with Crippen LogP contribution in [0.5, 0.6) is 0 Å². The molecule has 0 aromatic carbocycles. The Kier molecular flexibility index (Phi) is 5.23. The number of carbonyl (C=O) groups excluding carboxylic acids is 1. The first-order valence-corrected chi connectivity index (χ1v) is 8.57. The van der Waals surface area contributed by atoms with E-state index in [1.165, 1.54) is 38.9 Å². The third-order valence-electron chi connectivity index (χ3n) is 4.45. The van der Waals surface area contributed by atoms with Gasteiger partial charge in [-0.3, -0.25) is 4.79 Å². The predicted octanol–water partition coefficient (Wildman–Crippen LogP) is 1.97. The van der Waals surface area contributed by atoms with Crippen molar-refractivity contribution in [2.75, 3.05) is 26.2 Å². The number of piperidine rings is 1. The zero-order chi connectivity index (χ0) is 16.1. The van der Waals surface area contributed by atoms with Crippen LogP contribution in [0.25, 0.3) is 5.65 Å². The normalized spacial score (nSPS) is 19.1. The predicted molar refractivity (Wildman–Crippen MR) is 89.4 cm³/mol. The summed E-state index contributed by atoms with van der Waals surface area (Å²) in [5.74, 6) is 0.579. The lowest BCUT2D eigenvalue weighted by Gasteiger charge is -2.32. The first kappa shape index (κ1) is 15.9. The van der Waals surface area contributed by atoms with Crippen molar-refractivity contribution in [3.8, 4) is 0 Å². The van der Waals surface area contributed by atoms with Gasteiger partial charge in [-0.05, 0) is 50.8 Å². The number of aromatic nitrogens is 3. The molecule has 1 amide bonds. The molecule has 0 spiro atoms. The molecule has 6 heteroatoms. The number of hydrogen-bond acceptors (Lipinski definition) is 4. The van der Waals surface area contributed by atoms with E-state index in [0.717, 1.165) is 6.42 Å². The maximum atomic E-state index is 12.2. The molecular weight excluding hydrogens is 290 g/mol. The van der Waals surface area contributed by atoms with E-state index in [4.69, 9.17) is 0 Å². The number of hydrogen-bond donors (Lipinski definition) is 1. The van der Waals surface area contributed by atoms with Crippen LogP contribution >= 0.6 is 0 Å². The van der Waals surface area contributed by atoms with Crippen LogP contribution in [0.1, 0.15) is 43.1 Å². The average Bonchev–Trinajstić information content (AvgIpc) is 3.00. The fraction of sp³-hybridized carbons (Fsp3) is 0.588. The highest BCUT2D eigenvalue weighted by Crippen LogP contribution is 2.19. The Labute approximate surface area is 136 Å². The van der Waals surface area contributed by atoms with Crippen LogP contribution in [-0.4, -0.2) is 51.6 Å². The number of rotatable bonds is 6. The van der Waals surface area contributed by atoms with Crippen LogP contribution < -0.4 is 5.32 Å². The molecule has 1 unspecified atom stereocenters. The van der Waals surface area contributed by atoms with Gasteiger partial charge in [0.25, 0.3) is 5.91 Å². The highest BCUT2D eigenvalue weighted by molar-refractivity contribution is 5.93. The maximum Gasteiger partial charge on any atom is 0.271 e. The molecule has 3 heterocycles. The summed E-state index contributed by atoms with van der Waals surface area (Å²) in [7, 11) is 0. The van der Waals surface area contributed by atoms with Gasteiger partial charge >= 0.3 is 0 Å². The van der Waals surface area contributed by atoms with Gasteiger partial charge in [-0.2, -0.15) is 5.10 Å². The Morgan fingerprint density at radius 1 is 1.48 bits per heavy atom. The molecule has 6 nitrogen and oxygen atoms in total.